The molecule has 1 saturated carbocycles. The number of hydrogen-bond acceptors (Lipinski definition) is 4. The Balaban J connectivity index is 1.78. The van der Waals surface area contributed by atoms with Gasteiger partial charge in [-0.3, -0.25) is 4.79 Å². The van der Waals surface area contributed by atoms with Crippen LogP contribution in [0.5, 0.6) is 0 Å². The van der Waals surface area contributed by atoms with Gasteiger partial charge in [0.15, 0.2) is 0 Å². The van der Waals surface area contributed by atoms with Gasteiger partial charge in [0.2, 0.25) is 10.0 Å². The van der Waals surface area contributed by atoms with Gasteiger partial charge in [0.05, 0.1) is 0 Å². The number of amides is 1. The molecule has 3 unspecified atom stereocenters. The molecule has 5 nitrogen and oxygen atoms in total. The highest BCUT2D eigenvalue weighted by molar-refractivity contribution is 7.89. The SMILES string of the molecule is CC1CCCC(NC(=O)c2sccc2S(=O)(=O)N2CCCC2)C1C. The largest absolute Gasteiger partial charge is 0.348 e. The molecular weight excluding hydrogens is 344 g/mol. The molecule has 3 rings (SSSR count). The van der Waals surface area contributed by atoms with Crippen LogP contribution in [-0.2, 0) is 10.0 Å². The van der Waals surface area contributed by atoms with E-state index in [9.17, 15) is 13.2 Å². The van der Waals surface area contributed by atoms with Gasteiger partial charge in [-0.2, -0.15) is 4.31 Å². The Morgan fingerprint density at radius 1 is 1.21 bits per heavy atom. The highest BCUT2D eigenvalue weighted by atomic mass is 32.2. The molecule has 1 aromatic rings. The lowest BCUT2D eigenvalue weighted by atomic mass is 9.78. The van der Waals surface area contributed by atoms with E-state index in [1.54, 1.807) is 11.4 Å². The second-order valence-corrected chi connectivity index (χ2v) is 9.89. The van der Waals surface area contributed by atoms with Crippen molar-refractivity contribution >= 4 is 27.3 Å². The first-order valence-corrected chi connectivity index (χ1v) is 11.1. The molecule has 1 saturated heterocycles. The normalized spacial score (nSPS) is 28.8. The number of nitrogens with one attached hydrogen (secondary N) is 1. The highest BCUT2D eigenvalue weighted by Gasteiger charge is 2.34. The lowest BCUT2D eigenvalue weighted by molar-refractivity contribution is 0.0892. The molecule has 2 heterocycles. The topological polar surface area (TPSA) is 66.5 Å². The van der Waals surface area contributed by atoms with Crippen molar-refractivity contribution in [3.8, 4) is 0 Å². The van der Waals surface area contributed by atoms with E-state index < -0.39 is 10.0 Å². The van der Waals surface area contributed by atoms with Crippen LogP contribution in [0.4, 0.5) is 0 Å². The summed E-state index contributed by atoms with van der Waals surface area (Å²) in [6.07, 6.45) is 5.06. The van der Waals surface area contributed by atoms with Crippen LogP contribution in [0.2, 0.25) is 0 Å². The van der Waals surface area contributed by atoms with Crippen LogP contribution in [0.25, 0.3) is 0 Å². The van der Waals surface area contributed by atoms with E-state index in [2.05, 4.69) is 19.2 Å². The standard InChI is InChI=1S/C17H26N2O3S2/c1-12-6-5-7-14(13(12)2)18-17(20)16-15(8-11-23-16)24(21,22)19-9-3-4-10-19/h8,11-14H,3-7,9-10H2,1-2H3,(H,18,20). The zero-order chi connectivity index (χ0) is 17.3. The summed E-state index contributed by atoms with van der Waals surface area (Å²) >= 11 is 1.22. The number of thiophene rings is 1. The number of nitrogens with zero attached hydrogens (tertiary/aromatic N) is 1. The second kappa shape index (κ2) is 7.14. The minimum Gasteiger partial charge on any atom is -0.348 e. The summed E-state index contributed by atoms with van der Waals surface area (Å²) in [6, 6.07) is 1.70. The van der Waals surface area contributed by atoms with E-state index in [0.717, 1.165) is 25.7 Å². The van der Waals surface area contributed by atoms with Crippen molar-refractivity contribution in [1.29, 1.82) is 0 Å². The van der Waals surface area contributed by atoms with Crippen LogP contribution in [0.1, 0.15) is 55.6 Å². The van der Waals surface area contributed by atoms with Crippen LogP contribution < -0.4 is 5.32 Å². The molecular formula is C17H26N2O3S2. The van der Waals surface area contributed by atoms with E-state index in [4.69, 9.17) is 0 Å². The molecule has 0 bridgehead atoms. The zero-order valence-corrected chi connectivity index (χ0v) is 16.0. The first kappa shape index (κ1) is 17.9. The van der Waals surface area contributed by atoms with Gasteiger partial charge in [-0.15, -0.1) is 11.3 Å². The number of sulfonamides is 1. The third-order valence-corrected chi connectivity index (χ3v) is 8.52. The van der Waals surface area contributed by atoms with Gasteiger partial charge in [0.1, 0.15) is 9.77 Å². The average Bonchev–Trinajstić information content (AvgIpc) is 3.22. The van der Waals surface area contributed by atoms with Crippen molar-refractivity contribution in [2.24, 2.45) is 11.8 Å². The van der Waals surface area contributed by atoms with Crippen LogP contribution in [0, 0.1) is 11.8 Å². The monoisotopic (exact) mass is 370 g/mol. The fourth-order valence-corrected chi connectivity index (χ4v) is 6.57. The van der Waals surface area contributed by atoms with Crippen LogP contribution in [-0.4, -0.2) is 37.8 Å². The summed E-state index contributed by atoms with van der Waals surface area (Å²) in [7, 11) is -3.55. The third kappa shape index (κ3) is 3.39. The quantitative estimate of drug-likeness (QED) is 0.886. The van der Waals surface area contributed by atoms with Gasteiger partial charge in [-0.25, -0.2) is 8.42 Å². The minimum absolute atomic E-state index is 0.130. The molecule has 24 heavy (non-hydrogen) atoms. The molecule has 0 aromatic carbocycles. The summed E-state index contributed by atoms with van der Waals surface area (Å²) < 4.78 is 27.1. The molecule has 2 fully saturated rings. The van der Waals surface area contributed by atoms with Crippen LogP contribution in [0.3, 0.4) is 0 Å². The van der Waals surface area contributed by atoms with Crippen molar-refractivity contribution in [3.05, 3.63) is 16.3 Å². The maximum absolute atomic E-state index is 12.8. The molecule has 2 aliphatic rings. The van der Waals surface area contributed by atoms with E-state index in [0.29, 0.717) is 29.8 Å². The molecule has 7 heteroatoms. The molecule has 134 valence electrons. The van der Waals surface area contributed by atoms with Gasteiger partial charge < -0.3 is 5.32 Å². The summed E-state index contributed by atoms with van der Waals surface area (Å²) in [4.78, 5) is 13.2. The van der Waals surface area contributed by atoms with Crippen molar-refractivity contribution in [3.63, 3.8) is 0 Å². The molecule has 1 aliphatic carbocycles. The zero-order valence-electron chi connectivity index (χ0n) is 14.3. The number of carbonyl (C=O) groups is 1. The predicted octanol–water partition coefficient (Wildman–Crippen LogP) is 3.09. The van der Waals surface area contributed by atoms with Crippen molar-refractivity contribution in [1.82, 2.24) is 9.62 Å². The second-order valence-electron chi connectivity index (χ2n) is 7.07. The summed E-state index contributed by atoms with van der Waals surface area (Å²) in [6.45, 7) is 5.50. The lowest BCUT2D eigenvalue weighted by Crippen LogP contribution is -2.44. The van der Waals surface area contributed by atoms with Crippen LogP contribution in [0.15, 0.2) is 16.3 Å². The molecule has 3 atom stereocenters. The number of hydrogen-bond donors (Lipinski definition) is 1. The smallest absolute Gasteiger partial charge is 0.262 e. The van der Waals surface area contributed by atoms with Gasteiger partial charge in [0, 0.05) is 19.1 Å². The van der Waals surface area contributed by atoms with Gasteiger partial charge in [-0.1, -0.05) is 26.7 Å². The molecule has 1 aliphatic heterocycles. The van der Waals surface area contributed by atoms with Crippen LogP contribution >= 0.6 is 11.3 Å². The van der Waals surface area contributed by atoms with Crippen molar-refractivity contribution in [2.75, 3.05) is 13.1 Å². The summed E-state index contributed by atoms with van der Waals surface area (Å²) in [5.41, 5.74) is 0. The van der Waals surface area contributed by atoms with E-state index in [-0.39, 0.29) is 16.8 Å². The Labute approximate surface area is 148 Å². The molecule has 1 aromatic heterocycles. The summed E-state index contributed by atoms with van der Waals surface area (Å²) in [5, 5.41) is 4.79. The molecule has 0 radical (unpaired) electrons. The van der Waals surface area contributed by atoms with Crippen molar-refractivity contribution in [2.45, 2.75) is 56.9 Å². The first-order valence-electron chi connectivity index (χ1n) is 8.79. The maximum Gasteiger partial charge on any atom is 0.262 e. The Morgan fingerprint density at radius 3 is 2.62 bits per heavy atom. The van der Waals surface area contributed by atoms with Crippen molar-refractivity contribution < 1.29 is 13.2 Å². The fraction of sp³-hybridized carbons (Fsp3) is 0.706. The Hall–Kier alpha value is -0.920. The molecule has 1 N–H and O–H groups in total. The van der Waals surface area contributed by atoms with Gasteiger partial charge in [-0.05, 0) is 42.5 Å². The van der Waals surface area contributed by atoms with E-state index in [1.165, 1.54) is 22.1 Å². The maximum atomic E-state index is 12.8. The third-order valence-electron chi connectivity index (χ3n) is 5.54. The highest BCUT2D eigenvalue weighted by Crippen LogP contribution is 2.31. The Bertz CT molecular complexity index is 692. The lowest BCUT2D eigenvalue weighted by Gasteiger charge is -2.34. The Morgan fingerprint density at radius 2 is 1.92 bits per heavy atom. The Kier molecular flexibility index (Phi) is 5.32. The van der Waals surface area contributed by atoms with E-state index in [1.807, 2.05) is 0 Å². The van der Waals surface area contributed by atoms with Gasteiger partial charge in [0.25, 0.3) is 5.91 Å². The minimum atomic E-state index is -3.55. The van der Waals surface area contributed by atoms with E-state index >= 15 is 0 Å². The predicted molar refractivity (Wildman–Crippen MR) is 95.7 cm³/mol. The average molecular weight is 371 g/mol. The fourth-order valence-electron chi connectivity index (χ4n) is 3.75. The number of carbonyl (C=O) groups excluding carboxylic acids is 1. The molecule has 0 spiro atoms. The number of rotatable bonds is 4. The molecule has 1 amide bonds. The summed E-state index contributed by atoms with van der Waals surface area (Å²) in [5.74, 6) is 0.759. The van der Waals surface area contributed by atoms with Gasteiger partial charge >= 0.3 is 0 Å². The first-order chi connectivity index (χ1) is 11.4.